The maximum Gasteiger partial charge on any atom is 0.417 e. The zero-order chi connectivity index (χ0) is 18.0. The molecule has 25 heavy (non-hydrogen) atoms. The molecular weight excluding hydrogens is 331 g/mol. The van der Waals surface area contributed by atoms with Gasteiger partial charge in [-0.05, 0) is 24.6 Å². The average Bonchev–Trinajstić information content (AvgIpc) is 3.10. The molecule has 0 N–H and O–H groups in total. The summed E-state index contributed by atoms with van der Waals surface area (Å²) < 4.78 is 39.4. The number of alkyl halides is 3. The van der Waals surface area contributed by atoms with Crippen LogP contribution < -0.4 is 9.80 Å². The first kappa shape index (κ1) is 17.0. The van der Waals surface area contributed by atoms with Crippen LogP contribution in [0.15, 0.2) is 36.8 Å². The fourth-order valence-electron chi connectivity index (χ4n) is 3.11. The number of likely N-dealkylation sites (N-methyl/N-ethyl adjacent to an activating group) is 1. The van der Waals surface area contributed by atoms with E-state index >= 15 is 0 Å². The van der Waals surface area contributed by atoms with E-state index in [1.54, 1.807) is 24.4 Å². The molecule has 1 aromatic heterocycles. The molecule has 8 heteroatoms. The molecular formula is C17H16F3N5. The zero-order valence-electron chi connectivity index (χ0n) is 13.5. The Balaban J connectivity index is 1.84. The Labute approximate surface area is 143 Å². The number of nitriles is 1. The third kappa shape index (κ3) is 3.36. The molecule has 1 fully saturated rings. The van der Waals surface area contributed by atoms with Crippen molar-refractivity contribution < 1.29 is 13.2 Å². The van der Waals surface area contributed by atoms with Gasteiger partial charge in [-0.3, -0.25) is 0 Å². The Hall–Kier alpha value is -2.82. The SMILES string of the molecule is CN(c1ccncn1)C1CCN(c2cccc(C(F)(F)F)c2C#N)C1. The van der Waals surface area contributed by atoms with Gasteiger partial charge in [0.15, 0.2) is 0 Å². The van der Waals surface area contributed by atoms with Gasteiger partial charge in [-0.15, -0.1) is 0 Å². The monoisotopic (exact) mass is 347 g/mol. The van der Waals surface area contributed by atoms with Gasteiger partial charge in [0.2, 0.25) is 0 Å². The van der Waals surface area contributed by atoms with Crippen molar-refractivity contribution in [2.45, 2.75) is 18.6 Å². The fraction of sp³-hybridized carbons (Fsp3) is 0.353. The number of rotatable bonds is 3. The van der Waals surface area contributed by atoms with Crippen molar-refractivity contribution in [1.29, 1.82) is 5.26 Å². The minimum absolute atomic E-state index is 0.0935. The summed E-state index contributed by atoms with van der Waals surface area (Å²) in [5.74, 6) is 0.756. The number of benzene rings is 1. The van der Waals surface area contributed by atoms with E-state index in [0.29, 0.717) is 18.8 Å². The van der Waals surface area contributed by atoms with Gasteiger partial charge in [0.1, 0.15) is 18.2 Å². The average molecular weight is 347 g/mol. The van der Waals surface area contributed by atoms with Crippen LogP contribution in [0.5, 0.6) is 0 Å². The molecule has 1 saturated heterocycles. The lowest BCUT2D eigenvalue weighted by Crippen LogP contribution is -2.35. The molecule has 1 unspecified atom stereocenters. The number of hydrogen-bond acceptors (Lipinski definition) is 5. The van der Waals surface area contributed by atoms with E-state index in [4.69, 9.17) is 0 Å². The molecule has 0 amide bonds. The lowest BCUT2D eigenvalue weighted by Gasteiger charge is -2.27. The van der Waals surface area contributed by atoms with Crippen molar-refractivity contribution >= 4 is 11.5 Å². The summed E-state index contributed by atoms with van der Waals surface area (Å²) in [5, 5.41) is 9.27. The third-order valence-electron chi connectivity index (χ3n) is 4.44. The van der Waals surface area contributed by atoms with Gasteiger partial charge >= 0.3 is 6.18 Å². The third-order valence-corrected chi connectivity index (χ3v) is 4.44. The highest BCUT2D eigenvalue weighted by Crippen LogP contribution is 2.37. The molecule has 0 aliphatic carbocycles. The van der Waals surface area contributed by atoms with Crippen molar-refractivity contribution in [3.05, 3.63) is 47.9 Å². The standard InChI is InChI=1S/C17H16F3N5/c1-24(16-5-7-22-11-23-16)12-6-8-25(10-12)15-4-2-3-14(13(15)9-21)17(18,19)20/h2-5,7,11-12H,6,8,10H2,1H3. The van der Waals surface area contributed by atoms with Crippen LogP contribution in [0.3, 0.4) is 0 Å². The molecule has 1 aliphatic heterocycles. The van der Waals surface area contributed by atoms with E-state index in [2.05, 4.69) is 9.97 Å². The summed E-state index contributed by atoms with van der Waals surface area (Å²) in [6.07, 6.45) is -0.676. The Morgan fingerprint density at radius 1 is 1.32 bits per heavy atom. The topological polar surface area (TPSA) is 56.1 Å². The van der Waals surface area contributed by atoms with E-state index in [1.165, 1.54) is 12.4 Å². The largest absolute Gasteiger partial charge is 0.417 e. The van der Waals surface area contributed by atoms with E-state index in [-0.39, 0.29) is 11.6 Å². The second kappa shape index (κ2) is 6.59. The Bertz CT molecular complexity index is 785. The lowest BCUT2D eigenvalue weighted by molar-refractivity contribution is -0.137. The number of halogens is 3. The molecule has 0 radical (unpaired) electrons. The quantitative estimate of drug-likeness (QED) is 0.854. The second-order valence-electron chi connectivity index (χ2n) is 5.88. The number of aromatic nitrogens is 2. The lowest BCUT2D eigenvalue weighted by atomic mass is 10.1. The molecule has 3 rings (SSSR count). The number of nitrogens with zero attached hydrogens (tertiary/aromatic N) is 5. The zero-order valence-corrected chi connectivity index (χ0v) is 13.5. The highest BCUT2D eigenvalue weighted by atomic mass is 19.4. The Morgan fingerprint density at radius 2 is 2.12 bits per heavy atom. The van der Waals surface area contributed by atoms with Crippen LogP contribution in [0.2, 0.25) is 0 Å². The molecule has 0 spiro atoms. The molecule has 2 heterocycles. The maximum atomic E-state index is 13.1. The van der Waals surface area contributed by atoms with Crippen molar-refractivity contribution in [3.8, 4) is 6.07 Å². The Kier molecular flexibility index (Phi) is 4.49. The van der Waals surface area contributed by atoms with Crippen molar-refractivity contribution in [2.75, 3.05) is 29.9 Å². The van der Waals surface area contributed by atoms with E-state index in [9.17, 15) is 18.4 Å². The summed E-state index contributed by atoms with van der Waals surface area (Å²) in [5.41, 5.74) is -0.878. The summed E-state index contributed by atoms with van der Waals surface area (Å²) >= 11 is 0. The molecule has 1 aliphatic rings. The fourth-order valence-corrected chi connectivity index (χ4v) is 3.11. The summed E-state index contributed by atoms with van der Waals surface area (Å²) in [6.45, 7) is 1.10. The predicted octanol–water partition coefficient (Wildman–Crippen LogP) is 3.08. The summed E-state index contributed by atoms with van der Waals surface area (Å²) in [4.78, 5) is 11.9. The van der Waals surface area contributed by atoms with Gasteiger partial charge < -0.3 is 9.80 Å². The first-order chi connectivity index (χ1) is 11.9. The molecule has 130 valence electrons. The molecule has 1 aromatic carbocycles. The first-order valence-corrected chi connectivity index (χ1v) is 7.76. The highest BCUT2D eigenvalue weighted by molar-refractivity contribution is 5.64. The smallest absolute Gasteiger partial charge is 0.368 e. The molecule has 1 atom stereocenters. The number of anilines is 2. The number of hydrogen-bond donors (Lipinski definition) is 0. The van der Waals surface area contributed by atoms with Crippen LogP contribution >= 0.6 is 0 Å². The van der Waals surface area contributed by atoms with Gasteiger partial charge in [-0.1, -0.05) is 6.07 Å². The highest BCUT2D eigenvalue weighted by Gasteiger charge is 2.36. The van der Waals surface area contributed by atoms with Crippen molar-refractivity contribution in [1.82, 2.24) is 9.97 Å². The van der Waals surface area contributed by atoms with E-state index in [1.807, 2.05) is 16.8 Å². The summed E-state index contributed by atoms with van der Waals surface area (Å²) in [7, 11) is 1.90. The second-order valence-corrected chi connectivity index (χ2v) is 5.88. The maximum absolute atomic E-state index is 13.1. The van der Waals surface area contributed by atoms with Gasteiger partial charge in [-0.2, -0.15) is 18.4 Å². The van der Waals surface area contributed by atoms with Gasteiger partial charge in [-0.25, -0.2) is 9.97 Å². The molecule has 2 aromatic rings. The van der Waals surface area contributed by atoms with Crippen molar-refractivity contribution in [2.24, 2.45) is 0 Å². The normalized spacial score (nSPS) is 17.4. The molecule has 0 bridgehead atoms. The van der Waals surface area contributed by atoms with Crippen LogP contribution in [0, 0.1) is 11.3 Å². The van der Waals surface area contributed by atoms with Crippen LogP contribution in [-0.2, 0) is 6.18 Å². The van der Waals surface area contributed by atoms with Crippen molar-refractivity contribution in [3.63, 3.8) is 0 Å². The van der Waals surface area contributed by atoms with E-state index in [0.717, 1.165) is 18.3 Å². The minimum atomic E-state index is -4.54. The van der Waals surface area contributed by atoms with E-state index < -0.39 is 11.7 Å². The molecule has 5 nitrogen and oxygen atoms in total. The van der Waals surface area contributed by atoms with Gasteiger partial charge in [0.05, 0.1) is 16.8 Å². The Morgan fingerprint density at radius 3 is 2.76 bits per heavy atom. The summed E-state index contributed by atoms with van der Waals surface area (Å²) in [6, 6.07) is 7.47. The van der Waals surface area contributed by atoms with Crippen LogP contribution in [-0.4, -0.2) is 36.1 Å². The minimum Gasteiger partial charge on any atom is -0.368 e. The van der Waals surface area contributed by atoms with Crippen LogP contribution in [0.25, 0.3) is 0 Å². The predicted molar refractivity (Wildman–Crippen MR) is 87.2 cm³/mol. The van der Waals surface area contributed by atoms with Gasteiger partial charge in [0.25, 0.3) is 0 Å². The van der Waals surface area contributed by atoms with Crippen LogP contribution in [0.1, 0.15) is 17.5 Å². The first-order valence-electron chi connectivity index (χ1n) is 7.76. The van der Waals surface area contributed by atoms with Gasteiger partial charge in [0, 0.05) is 32.4 Å². The van der Waals surface area contributed by atoms with Crippen LogP contribution in [0.4, 0.5) is 24.7 Å². The molecule has 0 saturated carbocycles.